The minimum absolute atomic E-state index is 0.0206. The van der Waals surface area contributed by atoms with Crippen LogP contribution in [0.3, 0.4) is 0 Å². The molecule has 1 aromatic heterocycles. The Hall–Kier alpha value is -1.41. The van der Waals surface area contributed by atoms with Gasteiger partial charge in [0.05, 0.1) is 8.66 Å². The number of carbonyl (C=O) groups is 3. The number of amides is 3. The first-order chi connectivity index (χ1) is 9.06. The highest BCUT2D eigenvalue weighted by Gasteiger charge is 2.22. The van der Waals surface area contributed by atoms with Gasteiger partial charge in [-0.2, -0.15) is 0 Å². The Morgan fingerprint density at radius 1 is 1.37 bits per heavy atom. The molecule has 6 nitrogen and oxygen atoms in total. The molecule has 2 N–H and O–H groups in total. The van der Waals surface area contributed by atoms with Crippen molar-refractivity contribution in [3.8, 4) is 0 Å². The summed E-state index contributed by atoms with van der Waals surface area (Å²) in [4.78, 5) is 36.5. The Labute approximate surface area is 122 Å². The van der Waals surface area contributed by atoms with Gasteiger partial charge in [-0.25, -0.2) is 0 Å². The van der Waals surface area contributed by atoms with Crippen molar-refractivity contribution in [3.05, 3.63) is 20.8 Å². The molecule has 19 heavy (non-hydrogen) atoms. The van der Waals surface area contributed by atoms with Crippen molar-refractivity contribution in [2.45, 2.75) is 12.8 Å². The lowest BCUT2D eigenvalue weighted by Gasteiger charge is -2.14. The monoisotopic (exact) mass is 345 g/mol. The van der Waals surface area contributed by atoms with Crippen LogP contribution in [-0.2, 0) is 9.59 Å². The van der Waals surface area contributed by atoms with Crippen LogP contribution in [0.5, 0.6) is 0 Å². The van der Waals surface area contributed by atoms with Crippen molar-refractivity contribution in [3.63, 3.8) is 0 Å². The van der Waals surface area contributed by atoms with Gasteiger partial charge in [0, 0.05) is 13.0 Å². The number of thiophene rings is 1. The van der Waals surface area contributed by atoms with Crippen LogP contribution in [0.25, 0.3) is 0 Å². The van der Waals surface area contributed by atoms with E-state index in [9.17, 15) is 14.4 Å². The SMILES string of the molecule is O=C(CN1CCCC1=O)NNC(=O)c1ccc(Br)s1. The predicted molar refractivity (Wildman–Crippen MR) is 73.4 cm³/mol. The summed E-state index contributed by atoms with van der Waals surface area (Å²) >= 11 is 4.52. The maximum atomic E-state index is 11.6. The van der Waals surface area contributed by atoms with Crippen molar-refractivity contribution in [2.75, 3.05) is 13.1 Å². The molecule has 8 heteroatoms. The van der Waals surface area contributed by atoms with E-state index in [0.29, 0.717) is 17.8 Å². The fraction of sp³-hybridized carbons (Fsp3) is 0.364. The molecule has 0 atom stereocenters. The first kappa shape index (κ1) is 14.0. The highest BCUT2D eigenvalue weighted by molar-refractivity contribution is 9.11. The van der Waals surface area contributed by atoms with Crippen LogP contribution < -0.4 is 10.9 Å². The van der Waals surface area contributed by atoms with Gasteiger partial charge >= 0.3 is 0 Å². The maximum absolute atomic E-state index is 11.6. The fourth-order valence-electron chi connectivity index (χ4n) is 1.71. The van der Waals surface area contributed by atoms with E-state index in [4.69, 9.17) is 0 Å². The van der Waals surface area contributed by atoms with E-state index in [-0.39, 0.29) is 18.4 Å². The molecule has 1 aliphatic heterocycles. The zero-order valence-corrected chi connectivity index (χ0v) is 12.3. The Kier molecular flexibility index (Phi) is 4.54. The molecule has 1 saturated heterocycles. The van der Waals surface area contributed by atoms with Crippen molar-refractivity contribution in [1.29, 1.82) is 0 Å². The highest BCUT2D eigenvalue weighted by Crippen LogP contribution is 2.21. The second-order valence-corrected chi connectivity index (χ2v) is 6.49. The molecule has 1 aromatic rings. The van der Waals surface area contributed by atoms with Crippen LogP contribution in [0.4, 0.5) is 0 Å². The third kappa shape index (κ3) is 3.77. The summed E-state index contributed by atoms with van der Waals surface area (Å²) in [6.45, 7) is 0.575. The van der Waals surface area contributed by atoms with Crippen LogP contribution in [0.15, 0.2) is 15.9 Å². The van der Waals surface area contributed by atoms with Gasteiger partial charge in [0.15, 0.2) is 0 Å². The van der Waals surface area contributed by atoms with E-state index in [1.54, 1.807) is 12.1 Å². The van der Waals surface area contributed by atoms with Gasteiger partial charge < -0.3 is 4.90 Å². The lowest BCUT2D eigenvalue weighted by Crippen LogP contribution is -2.46. The molecule has 3 amide bonds. The summed E-state index contributed by atoms with van der Waals surface area (Å²) in [5.41, 5.74) is 4.61. The van der Waals surface area contributed by atoms with Crippen molar-refractivity contribution in [2.24, 2.45) is 0 Å². The number of hydrogen-bond acceptors (Lipinski definition) is 4. The van der Waals surface area contributed by atoms with Crippen molar-refractivity contribution < 1.29 is 14.4 Å². The van der Waals surface area contributed by atoms with Crippen LogP contribution in [0, 0.1) is 0 Å². The quantitative estimate of drug-likeness (QED) is 0.798. The molecule has 2 rings (SSSR count). The lowest BCUT2D eigenvalue weighted by atomic mass is 10.4. The molecule has 0 spiro atoms. The number of likely N-dealkylation sites (tertiary alicyclic amines) is 1. The normalized spacial score (nSPS) is 14.6. The van der Waals surface area contributed by atoms with Gasteiger partial charge in [-0.1, -0.05) is 0 Å². The van der Waals surface area contributed by atoms with Gasteiger partial charge in [-0.05, 0) is 34.5 Å². The average Bonchev–Trinajstić information content (AvgIpc) is 2.96. The summed E-state index contributed by atoms with van der Waals surface area (Å²) in [6, 6.07) is 3.41. The van der Waals surface area contributed by atoms with Gasteiger partial charge in [-0.15, -0.1) is 11.3 Å². The van der Waals surface area contributed by atoms with Gasteiger partial charge in [0.2, 0.25) is 5.91 Å². The fourth-order valence-corrected chi connectivity index (χ4v) is 2.99. The second kappa shape index (κ2) is 6.16. The molecule has 1 fully saturated rings. The van der Waals surface area contributed by atoms with E-state index in [1.807, 2.05) is 0 Å². The average molecular weight is 346 g/mol. The molecule has 0 saturated carbocycles. The third-order valence-electron chi connectivity index (χ3n) is 2.62. The molecular formula is C11H12BrN3O3S. The summed E-state index contributed by atoms with van der Waals surface area (Å²) < 4.78 is 0.839. The molecule has 0 aliphatic carbocycles. The number of nitrogens with zero attached hydrogens (tertiary/aromatic N) is 1. The van der Waals surface area contributed by atoms with Crippen molar-refractivity contribution in [1.82, 2.24) is 15.8 Å². The summed E-state index contributed by atoms with van der Waals surface area (Å²) in [5, 5.41) is 0. The molecule has 1 aliphatic rings. The van der Waals surface area contributed by atoms with Crippen LogP contribution >= 0.6 is 27.3 Å². The molecule has 2 heterocycles. The second-order valence-electron chi connectivity index (χ2n) is 4.02. The first-order valence-electron chi connectivity index (χ1n) is 5.68. The molecule has 0 unspecified atom stereocenters. The number of halogens is 1. The third-order valence-corrected chi connectivity index (χ3v) is 4.24. The number of nitrogens with one attached hydrogen (secondary N) is 2. The van der Waals surface area contributed by atoms with Gasteiger partial charge in [-0.3, -0.25) is 25.2 Å². The largest absolute Gasteiger partial charge is 0.333 e. The molecule has 102 valence electrons. The van der Waals surface area contributed by atoms with Crippen LogP contribution in [-0.4, -0.2) is 35.7 Å². The Morgan fingerprint density at radius 3 is 2.74 bits per heavy atom. The summed E-state index contributed by atoms with van der Waals surface area (Å²) in [6.07, 6.45) is 1.27. The molecule has 0 bridgehead atoms. The van der Waals surface area contributed by atoms with Crippen molar-refractivity contribution >= 4 is 45.0 Å². The number of hydrogen-bond donors (Lipinski definition) is 2. The van der Waals surface area contributed by atoms with E-state index in [0.717, 1.165) is 10.2 Å². The Morgan fingerprint density at radius 2 is 2.16 bits per heavy atom. The minimum atomic E-state index is -0.403. The van der Waals surface area contributed by atoms with E-state index in [2.05, 4.69) is 26.8 Å². The minimum Gasteiger partial charge on any atom is -0.333 e. The predicted octanol–water partition coefficient (Wildman–Crippen LogP) is 0.894. The number of rotatable bonds is 3. The van der Waals surface area contributed by atoms with E-state index >= 15 is 0 Å². The van der Waals surface area contributed by atoms with Crippen LogP contribution in [0.1, 0.15) is 22.5 Å². The lowest BCUT2D eigenvalue weighted by molar-refractivity contribution is -0.133. The number of carbonyl (C=O) groups excluding carboxylic acids is 3. The first-order valence-corrected chi connectivity index (χ1v) is 7.29. The molecule has 0 aromatic carbocycles. The molecule has 0 radical (unpaired) electrons. The van der Waals surface area contributed by atoms with E-state index < -0.39 is 5.91 Å². The number of hydrazine groups is 1. The Balaban J connectivity index is 1.77. The van der Waals surface area contributed by atoms with Gasteiger partial charge in [0.1, 0.15) is 6.54 Å². The van der Waals surface area contributed by atoms with Gasteiger partial charge in [0.25, 0.3) is 11.8 Å². The zero-order chi connectivity index (χ0) is 13.8. The zero-order valence-electron chi connectivity index (χ0n) is 9.94. The summed E-state index contributed by atoms with van der Waals surface area (Å²) in [5.74, 6) is -0.806. The maximum Gasteiger partial charge on any atom is 0.279 e. The smallest absolute Gasteiger partial charge is 0.279 e. The van der Waals surface area contributed by atoms with E-state index in [1.165, 1.54) is 16.2 Å². The highest BCUT2D eigenvalue weighted by atomic mass is 79.9. The topological polar surface area (TPSA) is 78.5 Å². The summed E-state index contributed by atoms with van der Waals surface area (Å²) in [7, 11) is 0. The standard InChI is InChI=1S/C11H12BrN3O3S/c12-8-4-3-7(19-8)11(18)14-13-9(16)6-15-5-1-2-10(15)17/h3-4H,1-2,5-6H2,(H,13,16)(H,14,18). The molecular weight excluding hydrogens is 334 g/mol. The van der Waals surface area contributed by atoms with Crippen LogP contribution in [0.2, 0.25) is 0 Å². The Bertz CT molecular complexity index is 517.